The molecule has 1 atom stereocenters. The van der Waals surface area contributed by atoms with E-state index in [1.807, 2.05) is 25.2 Å². The summed E-state index contributed by atoms with van der Waals surface area (Å²) in [5.41, 5.74) is 3.04. The Bertz CT molecular complexity index is 778. The lowest BCUT2D eigenvalue weighted by molar-refractivity contribution is -0.126. The molecule has 5 nitrogen and oxygen atoms in total. The van der Waals surface area contributed by atoms with Crippen LogP contribution in [0.3, 0.4) is 0 Å². The molecule has 0 spiro atoms. The molecule has 0 radical (unpaired) electrons. The molecule has 3 heterocycles. The zero-order chi connectivity index (χ0) is 15.3. The van der Waals surface area contributed by atoms with Crippen LogP contribution in [0.2, 0.25) is 0 Å². The number of nitrogens with one attached hydrogen (secondary N) is 1. The SMILES string of the molecule is CN1CC(Cn2c3c(c4ccccc42)C(=O)NCC3)CC1=O. The summed E-state index contributed by atoms with van der Waals surface area (Å²) in [6.45, 7) is 2.29. The average molecular weight is 297 g/mol. The molecule has 2 amide bonds. The second-order valence-electron chi connectivity index (χ2n) is 6.30. The first kappa shape index (κ1) is 13.4. The number of carbonyl (C=O) groups is 2. The number of amides is 2. The maximum atomic E-state index is 12.3. The van der Waals surface area contributed by atoms with E-state index < -0.39 is 0 Å². The summed E-state index contributed by atoms with van der Waals surface area (Å²) in [5.74, 6) is 0.561. The van der Waals surface area contributed by atoms with E-state index in [2.05, 4.69) is 16.0 Å². The molecule has 5 heteroatoms. The van der Waals surface area contributed by atoms with Crippen molar-refractivity contribution in [3.05, 3.63) is 35.5 Å². The summed E-state index contributed by atoms with van der Waals surface area (Å²) in [6, 6.07) is 8.07. The molecule has 2 aliphatic heterocycles. The molecule has 2 aliphatic rings. The predicted octanol–water partition coefficient (Wildman–Crippen LogP) is 1.41. The third-order valence-corrected chi connectivity index (χ3v) is 4.81. The van der Waals surface area contributed by atoms with Gasteiger partial charge in [-0.05, 0) is 6.07 Å². The van der Waals surface area contributed by atoms with Crippen molar-refractivity contribution < 1.29 is 9.59 Å². The first-order valence-corrected chi connectivity index (χ1v) is 7.77. The fourth-order valence-electron chi connectivity index (χ4n) is 3.80. The zero-order valence-electron chi connectivity index (χ0n) is 12.6. The Morgan fingerprint density at radius 1 is 1.27 bits per heavy atom. The molecule has 4 rings (SSSR count). The van der Waals surface area contributed by atoms with E-state index in [1.165, 1.54) is 0 Å². The Kier molecular flexibility index (Phi) is 2.96. The fourth-order valence-corrected chi connectivity index (χ4v) is 3.80. The second-order valence-corrected chi connectivity index (χ2v) is 6.30. The van der Waals surface area contributed by atoms with Crippen LogP contribution in [0.25, 0.3) is 10.9 Å². The number of hydrogen-bond donors (Lipinski definition) is 1. The summed E-state index contributed by atoms with van der Waals surface area (Å²) >= 11 is 0. The Labute approximate surface area is 128 Å². The smallest absolute Gasteiger partial charge is 0.253 e. The van der Waals surface area contributed by atoms with Gasteiger partial charge in [-0.3, -0.25) is 9.59 Å². The van der Waals surface area contributed by atoms with Crippen LogP contribution in [0.15, 0.2) is 24.3 Å². The highest BCUT2D eigenvalue weighted by Crippen LogP contribution is 2.30. The van der Waals surface area contributed by atoms with Crippen molar-refractivity contribution in [2.24, 2.45) is 5.92 Å². The number of likely N-dealkylation sites (tertiary alicyclic amines) is 1. The summed E-state index contributed by atoms with van der Waals surface area (Å²) in [6.07, 6.45) is 1.45. The van der Waals surface area contributed by atoms with Crippen LogP contribution in [0.4, 0.5) is 0 Å². The molecule has 1 N–H and O–H groups in total. The first-order valence-electron chi connectivity index (χ1n) is 7.77. The Morgan fingerprint density at radius 2 is 2.09 bits per heavy atom. The van der Waals surface area contributed by atoms with E-state index >= 15 is 0 Å². The van der Waals surface area contributed by atoms with Crippen molar-refractivity contribution in [2.75, 3.05) is 20.1 Å². The molecule has 1 aromatic heterocycles. The highest BCUT2D eigenvalue weighted by Gasteiger charge is 2.30. The van der Waals surface area contributed by atoms with E-state index in [-0.39, 0.29) is 11.8 Å². The van der Waals surface area contributed by atoms with Crippen molar-refractivity contribution in [3.63, 3.8) is 0 Å². The average Bonchev–Trinajstić information content (AvgIpc) is 2.99. The van der Waals surface area contributed by atoms with Gasteiger partial charge >= 0.3 is 0 Å². The van der Waals surface area contributed by atoms with Gasteiger partial charge in [0, 0.05) is 62.0 Å². The molecule has 0 saturated carbocycles. The van der Waals surface area contributed by atoms with E-state index in [9.17, 15) is 9.59 Å². The largest absolute Gasteiger partial charge is 0.352 e. The molecule has 114 valence electrons. The van der Waals surface area contributed by atoms with Gasteiger partial charge in [0.2, 0.25) is 5.91 Å². The van der Waals surface area contributed by atoms with E-state index in [1.54, 1.807) is 4.90 Å². The monoisotopic (exact) mass is 297 g/mol. The maximum absolute atomic E-state index is 12.3. The number of nitrogens with zero attached hydrogens (tertiary/aromatic N) is 2. The number of hydrogen-bond acceptors (Lipinski definition) is 2. The summed E-state index contributed by atoms with van der Waals surface area (Å²) in [7, 11) is 1.86. The van der Waals surface area contributed by atoms with Gasteiger partial charge in [0.15, 0.2) is 0 Å². The lowest BCUT2D eigenvalue weighted by Crippen LogP contribution is -2.32. The molecule has 0 aliphatic carbocycles. The van der Waals surface area contributed by atoms with Crippen molar-refractivity contribution in [1.29, 1.82) is 0 Å². The third-order valence-electron chi connectivity index (χ3n) is 4.81. The van der Waals surface area contributed by atoms with E-state index in [0.29, 0.717) is 18.9 Å². The Hall–Kier alpha value is -2.30. The maximum Gasteiger partial charge on any atom is 0.253 e. The number of rotatable bonds is 2. The topological polar surface area (TPSA) is 54.3 Å². The number of fused-ring (bicyclic) bond motifs is 3. The quantitative estimate of drug-likeness (QED) is 0.911. The van der Waals surface area contributed by atoms with Crippen molar-refractivity contribution in [3.8, 4) is 0 Å². The standard InChI is InChI=1S/C17H19N3O2/c1-19-9-11(8-15(19)21)10-20-13-5-3-2-4-12(13)16-14(20)6-7-18-17(16)22/h2-5,11H,6-10H2,1H3,(H,18,22). The highest BCUT2D eigenvalue weighted by molar-refractivity contribution is 6.09. The van der Waals surface area contributed by atoms with E-state index in [0.717, 1.165) is 41.7 Å². The summed E-state index contributed by atoms with van der Waals surface area (Å²) in [4.78, 5) is 25.8. The normalized spacial score (nSPS) is 21.3. The van der Waals surface area contributed by atoms with Gasteiger partial charge in [-0.25, -0.2) is 0 Å². The lowest BCUT2D eigenvalue weighted by Gasteiger charge is -2.19. The minimum atomic E-state index is 0.0239. The second kappa shape index (κ2) is 4.87. The third kappa shape index (κ3) is 1.92. The molecule has 1 unspecified atom stereocenters. The molecule has 2 aromatic rings. The summed E-state index contributed by atoms with van der Waals surface area (Å²) < 4.78 is 2.26. The lowest BCUT2D eigenvalue weighted by atomic mass is 10.1. The van der Waals surface area contributed by atoms with Gasteiger partial charge in [-0.1, -0.05) is 18.2 Å². The molecule has 1 aromatic carbocycles. The van der Waals surface area contributed by atoms with Crippen LogP contribution >= 0.6 is 0 Å². The molecular formula is C17H19N3O2. The zero-order valence-corrected chi connectivity index (χ0v) is 12.6. The van der Waals surface area contributed by atoms with Crippen LogP contribution in [-0.4, -0.2) is 41.4 Å². The van der Waals surface area contributed by atoms with E-state index in [4.69, 9.17) is 0 Å². The van der Waals surface area contributed by atoms with Crippen LogP contribution in [0.5, 0.6) is 0 Å². The van der Waals surface area contributed by atoms with Crippen molar-refractivity contribution in [2.45, 2.75) is 19.4 Å². The molecule has 22 heavy (non-hydrogen) atoms. The molecule has 1 saturated heterocycles. The predicted molar refractivity (Wildman–Crippen MR) is 83.7 cm³/mol. The first-order chi connectivity index (χ1) is 10.6. The van der Waals surface area contributed by atoms with Crippen LogP contribution < -0.4 is 5.32 Å². The van der Waals surface area contributed by atoms with Gasteiger partial charge < -0.3 is 14.8 Å². The van der Waals surface area contributed by atoms with Crippen molar-refractivity contribution in [1.82, 2.24) is 14.8 Å². The van der Waals surface area contributed by atoms with Crippen LogP contribution in [0.1, 0.15) is 22.5 Å². The van der Waals surface area contributed by atoms with Crippen LogP contribution in [0, 0.1) is 5.92 Å². The Morgan fingerprint density at radius 3 is 2.86 bits per heavy atom. The van der Waals surface area contributed by atoms with Crippen molar-refractivity contribution >= 4 is 22.7 Å². The van der Waals surface area contributed by atoms with Gasteiger partial charge in [0.1, 0.15) is 0 Å². The van der Waals surface area contributed by atoms with Crippen LogP contribution in [-0.2, 0) is 17.8 Å². The van der Waals surface area contributed by atoms with Gasteiger partial charge in [-0.15, -0.1) is 0 Å². The summed E-state index contributed by atoms with van der Waals surface area (Å²) in [5, 5.41) is 3.96. The number of carbonyl (C=O) groups excluding carboxylic acids is 2. The number of aromatic nitrogens is 1. The molecule has 0 bridgehead atoms. The van der Waals surface area contributed by atoms with Gasteiger partial charge in [0.05, 0.1) is 5.56 Å². The molecule has 1 fully saturated rings. The van der Waals surface area contributed by atoms with Gasteiger partial charge in [0.25, 0.3) is 5.91 Å². The molecular weight excluding hydrogens is 278 g/mol. The Balaban J connectivity index is 1.80. The number of para-hydroxylation sites is 1. The highest BCUT2D eigenvalue weighted by atomic mass is 16.2. The minimum absolute atomic E-state index is 0.0239. The number of benzene rings is 1. The van der Waals surface area contributed by atoms with Gasteiger partial charge in [-0.2, -0.15) is 0 Å². The minimum Gasteiger partial charge on any atom is -0.352 e. The fraction of sp³-hybridized carbons (Fsp3) is 0.412.